The van der Waals surface area contributed by atoms with Gasteiger partial charge in [0.05, 0.1) is 24.8 Å². The fourth-order valence-corrected chi connectivity index (χ4v) is 6.01. The maximum atomic E-state index is 13.5. The molecular formula is C26H28N2O5S. The highest BCUT2D eigenvalue weighted by Crippen LogP contribution is 2.36. The van der Waals surface area contributed by atoms with Gasteiger partial charge in [0.1, 0.15) is 0 Å². The quantitative estimate of drug-likeness (QED) is 0.530. The summed E-state index contributed by atoms with van der Waals surface area (Å²) in [5.41, 5.74) is 2.98. The van der Waals surface area contributed by atoms with Crippen LogP contribution in [0.2, 0.25) is 0 Å². The largest absolute Gasteiger partial charge is 0.493 e. The van der Waals surface area contributed by atoms with Crippen molar-refractivity contribution in [1.82, 2.24) is 5.32 Å². The molecule has 178 valence electrons. The molecule has 34 heavy (non-hydrogen) atoms. The van der Waals surface area contributed by atoms with Crippen LogP contribution in [-0.4, -0.2) is 41.1 Å². The van der Waals surface area contributed by atoms with E-state index in [4.69, 9.17) is 9.47 Å². The Balaban J connectivity index is 1.47. The van der Waals surface area contributed by atoms with E-state index in [9.17, 15) is 13.2 Å². The SMILES string of the molecule is COc1ccc(CCNC(=O)c2cccc(S(=O)(=O)N3c4ccccc4C[C@@H]3C)c2)cc1OC. The van der Waals surface area contributed by atoms with E-state index in [0.29, 0.717) is 42.1 Å². The minimum atomic E-state index is -3.81. The zero-order valence-electron chi connectivity index (χ0n) is 19.4. The number of amides is 1. The number of rotatable bonds is 8. The number of carbonyl (C=O) groups is 1. The first kappa shape index (κ1) is 23.6. The Morgan fingerprint density at radius 3 is 2.53 bits per heavy atom. The van der Waals surface area contributed by atoms with E-state index in [1.54, 1.807) is 26.4 Å². The second-order valence-electron chi connectivity index (χ2n) is 8.21. The molecule has 0 unspecified atom stereocenters. The number of carbonyl (C=O) groups excluding carboxylic acids is 1. The lowest BCUT2D eigenvalue weighted by Crippen LogP contribution is -2.36. The number of nitrogens with zero attached hydrogens (tertiary/aromatic N) is 1. The molecular weight excluding hydrogens is 452 g/mol. The van der Waals surface area contributed by atoms with Gasteiger partial charge in [0.15, 0.2) is 11.5 Å². The first-order valence-electron chi connectivity index (χ1n) is 11.1. The summed E-state index contributed by atoms with van der Waals surface area (Å²) in [6.07, 6.45) is 1.25. The van der Waals surface area contributed by atoms with Gasteiger partial charge in [0.2, 0.25) is 0 Å². The smallest absolute Gasteiger partial charge is 0.264 e. The van der Waals surface area contributed by atoms with Crippen LogP contribution in [0.5, 0.6) is 11.5 Å². The molecule has 7 nitrogen and oxygen atoms in total. The van der Waals surface area contributed by atoms with Gasteiger partial charge in [-0.3, -0.25) is 9.10 Å². The van der Waals surface area contributed by atoms with Gasteiger partial charge in [-0.2, -0.15) is 0 Å². The second-order valence-corrected chi connectivity index (χ2v) is 10.0. The van der Waals surface area contributed by atoms with Crippen LogP contribution >= 0.6 is 0 Å². The Bertz CT molecular complexity index is 1310. The van der Waals surface area contributed by atoms with Gasteiger partial charge in [-0.05, 0) is 67.3 Å². The van der Waals surface area contributed by atoms with Crippen molar-refractivity contribution in [3.8, 4) is 11.5 Å². The molecule has 1 heterocycles. The molecule has 0 radical (unpaired) electrons. The molecule has 0 saturated carbocycles. The van der Waals surface area contributed by atoms with Gasteiger partial charge in [-0.25, -0.2) is 8.42 Å². The Hall–Kier alpha value is -3.52. The molecule has 3 aromatic rings. The van der Waals surface area contributed by atoms with E-state index >= 15 is 0 Å². The van der Waals surface area contributed by atoms with Crippen LogP contribution in [0.25, 0.3) is 0 Å². The summed E-state index contributed by atoms with van der Waals surface area (Å²) in [6.45, 7) is 2.28. The van der Waals surface area contributed by atoms with Crippen molar-refractivity contribution in [2.24, 2.45) is 0 Å². The molecule has 1 aliphatic heterocycles. The Morgan fingerprint density at radius 1 is 1.00 bits per heavy atom. The average Bonchev–Trinajstić information content (AvgIpc) is 3.20. The number of sulfonamides is 1. The number of nitrogens with one attached hydrogen (secondary N) is 1. The van der Waals surface area contributed by atoms with Gasteiger partial charge >= 0.3 is 0 Å². The van der Waals surface area contributed by atoms with Gasteiger partial charge in [0.25, 0.3) is 15.9 Å². The van der Waals surface area contributed by atoms with Crippen LogP contribution in [0.1, 0.15) is 28.4 Å². The van der Waals surface area contributed by atoms with Crippen LogP contribution in [0.4, 0.5) is 5.69 Å². The van der Waals surface area contributed by atoms with E-state index in [1.807, 2.05) is 49.4 Å². The Kier molecular flexibility index (Phi) is 6.79. The second kappa shape index (κ2) is 9.77. The number of ether oxygens (including phenoxy) is 2. The number of hydrogen-bond acceptors (Lipinski definition) is 5. The predicted octanol–water partition coefficient (Wildman–Crippen LogP) is 3.82. The topological polar surface area (TPSA) is 84.9 Å². The molecule has 8 heteroatoms. The summed E-state index contributed by atoms with van der Waals surface area (Å²) < 4.78 is 39.0. The molecule has 0 spiro atoms. The summed E-state index contributed by atoms with van der Waals surface area (Å²) in [5.74, 6) is 0.942. The zero-order valence-corrected chi connectivity index (χ0v) is 20.3. The van der Waals surface area contributed by atoms with Crippen LogP contribution < -0.4 is 19.1 Å². The molecule has 0 bridgehead atoms. The van der Waals surface area contributed by atoms with Crippen molar-refractivity contribution in [2.45, 2.75) is 30.7 Å². The molecule has 3 aromatic carbocycles. The summed E-state index contributed by atoms with van der Waals surface area (Å²) >= 11 is 0. The van der Waals surface area contributed by atoms with Crippen LogP contribution in [0.15, 0.2) is 71.6 Å². The molecule has 0 aliphatic carbocycles. The monoisotopic (exact) mass is 480 g/mol. The van der Waals surface area contributed by atoms with Crippen molar-refractivity contribution >= 4 is 21.6 Å². The minimum Gasteiger partial charge on any atom is -0.493 e. The number of fused-ring (bicyclic) bond motifs is 1. The van der Waals surface area contributed by atoms with Crippen molar-refractivity contribution < 1.29 is 22.7 Å². The number of anilines is 1. The summed E-state index contributed by atoms with van der Waals surface area (Å²) in [7, 11) is -0.654. The first-order chi connectivity index (χ1) is 16.3. The highest BCUT2D eigenvalue weighted by Gasteiger charge is 2.36. The zero-order chi connectivity index (χ0) is 24.3. The minimum absolute atomic E-state index is 0.101. The molecule has 0 fully saturated rings. The highest BCUT2D eigenvalue weighted by atomic mass is 32.2. The van der Waals surface area contributed by atoms with Crippen molar-refractivity contribution in [1.29, 1.82) is 0 Å². The summed E-state index contributed by atoms with van der Waals surface area (Å²) in [6, 6.07) is 19.1. The Labute approximate surface area is 200 Å². The lowest BCUT2D eigenvalue weighted by Gasteiger charge is -2.24. The molecule has 1 aliphatic rings. The van der Waals surface area contributed by atoms with Gasteiger partial charge in [-0.1, -0.05) is 30.3 Å². The number of benzene rings is 3. The standard InChI is InChI=1S/C26H28N2O5S/c1-18-15-20-7-4-5-10-23(20)28(18)34(30,31)22-9-6-8-21(17-22)26(29)27-14-13-19-11-12-24(32-2)25(16-19)33-3/h4-12,16-18H,13-15H2,1-3H3,(H,27,29)/t18-/m0/s1. The predicted molar refractivity (Wildman–Crippen MR) is 131 cm³/mol. The molecule has 1 amide bonds. The maximum Gasteiger partial charge on any atom is 0.264 e. The van der Waals surface area contributed by atoms with Crippen LogP contribution in [-0.2, 0) is 22.9 Å². The van der Waals surface area contributed by atoms with E-state index in [-0.39, 0.29) is 16.8 Å². The lowest BCUT2D eigenvalue weighted by atomic mass is 10.1. The number of para-hydroxylation sites is 1. The Morgan fingerprint density at radius 2 is 1.76 bits per heavy atom. The first-order valence-corrected chi connectivity index (χ1v) is 12.5. The van der Waals surface area contributed by atoms with Crippen molar-refractivity contribution in [2.75, 3.05) is 25.1 Å². The van der Waals surface area contributed by atoms with E-state index < -0.39 is 10.0 Å². The van der Waals surface area contributed by atoms with Crippen molar-refractivity contribution in [3.05, 3.63) is 83.4 Å². The third-order valence-corrected chi connectivity index (χ3v) is 7.87. The fraction of sp³-hybridized carbons (Fsp3) is 0.269. The fourth-order valence-electron chi connectivity index (χ4n) is 4.27. The van der Waals surface area contributed by atoms with Gasteiger partial charge in [-0.15, -0.1) is 0 Å². The number of methoxy groups -OCH3 is 2. The molecule has 4 rings (SSSR count). The molecule has 1 N–H and O–H groups in total. The molecule has 0 aromatic heterocycles. The van der Waals surface area contributed by atoms with Gasteiger partial charge in [0, 0.05) is 18.2 Å². The summed E-state index contributed by atoms with van der Waals surface area (Å²) in [4.78, 5) is 12.9. The van der Waals surface area contributed by atoms with Crippen molar-refractivity contribution in [3.63, 3.8) is 0 Å². The highest BCUT2D eigenvalue weighted by molar-refractivity contribution is 7.92. The average molecular weight is 481 g/mol. The summed E-state index contributed by atoms with van der Waals surface area (Å²) in [5, 5.41) is 2.87. The van der Waals surface area contributed by atoms with Crippen LogP contribution in [0, 0.1) is 0 Å². The van der Waals surface area contributed by atoms with Crippen LogP contribution in [0.3, 0.4) is 0 Å². The lowest BCUT2D eigenvalue weighted by molar-refractivity contribution is 0.0954. The maximum absolute atomic E-state index is 13.5. The normalized spacial score (nSPS) is 15.0. The molecule has 1 atom stereocenters. The number of hydrogen-bond donors (Lipinski definition) is 1. The molecule has 0 saturated heterocycles. The van der Waals surface area contributed by atoms with Gasteiger partial charge < -0.3 is 14.8 Å². The third-order valence-electron chi connectivity index (χ3n) is 5.94. The van der Waals surface area contributed by atoms with E-state index in [1.165, 1.54) is 16.4 Å². The van der Waals surface area contributed by atoms with E-state index in [2.05, 4.69) is 5.32 Å². The third kappa shape index (κ3) is 4.59. The van der Waals surface area contributed by atoms with E-state index in [0.717, 1.165) is 11.1 Å².